The molecule has 67 heavy (non-hydrogen) atoms. The minimum atomic E-state index is 0.906. The maximum absolute atomic E-state index is 5.50. The van der Waals surface area contributed by atoms with Gasteiger partial charge in [0.1, 0.15) is 0 Å². The first-order valence-electron chi connectivity index (χ1n) is 22.0. The molecule has 0 aliphatic rings. The highest BCUT2D eigenvalue weighted by Crippen LogP contribution is 2.33. The molecule has 0 aliphatic carbocycles. The van der Waals surface area contributed by atoms with E-state index in [0.29, 0.717) is 0 Å². The van der Waals surface area contributed by atoms with E-state index in [2.05, 4.69) is 197 Å². The normalized spacial score (nSPS) is 12.1. The lowest BCUT2D eigenvalue weighted by atomic mass is 9.94. The van der Waals surface area contributed by atoms with Crippen LogP contribution >= 0.6 is 0 Å². The number of aryl methyl sites for hydroxylation is 1. The maximum atomic E-state index is 5.50. The monoisotopic (exact) mass is 881 g/mol. The van der Waals surface area contributed by atoms with Crippen LogP contribution in [0.3, 0.4) is 0 Å². The van der Waals surface area contributed by atoms with Crippen molar-refractivity contribution in [2.75, 3.05) is 10.6 Å². The molecule has 4 heteroatoms. The maximum Gasteiger partial charge on any atom is 0.0463 e. The zero-order valence-corrected chi connectivity index (χ0v) is 39.8. The molecule has 0 amide bonds. The minimum Gasteiger partial charge on any atom is -0.405 e. The molecular weight excluding hydrogens is 813 g/mol. The summed E-state index contributed by atoms with van der Waals surface area (Å²) >= 11 is 0. The van der Waals surface area contributed by atoms with Crippen LogP contribution in [0.15, 0.2) is 286 Å². The summed E-state index contributed by atoms with van der Waals surface area (Å²) in [5.74, 6) is 0. The summed E-state index contributed by atoms with van der Waals surface area (Å²) in [7, 11) is 0. The quantitative estimate of drug-likeness (QED) is 0.0402. The van der Waals surface area contributed by atoms with Crippen LogP contribution in [0.25, 0.3) is 22.3 Å². The first-order chi connectivity index (χ1) is 32.9. The van der Waals surface area contributed by atoms with Crippen molar-refractivity contribution in [3.63, 3.8) is 0 Å². The van der Waals surface area contributed by atoms with Crippen molar-refractivity contribution in [1.29, 1.82) is 5.41 Å². The first kappa shape index (κ1) is 54.7. The SMILES string of the molecule is C/C=C/C=C\C=C/C=C/C=C/C=C\C=C/N.C=C.C=C/C=C(\C=C(/C)c1ccccc1Nc1ccccc1)C(/C=C\C)=C/C(=C)c1ccccc1Nc1cccc(-c2cccc(C)c2)c1.C=N. The van der Waals surface area contributed by atoms with Gasteiger partial charge in [-0.25, -0.2) is 0 Å². The Bertz CT molecular complexity index is 2580. The van der Waals surface area contributed by atoms with Gasteiger partial charge < -0.3 is 21.8 Å². The number of rotatable bonds is 18. The van der Waals surface area contributed by atoms with Gasteiger partial charge in [0, 0.05) is 33.9 Å². The highest BCUT2D eigenvalue weighted by atomic mass is 14.9. The summed E-state index contributed by atoms with van der Waals surface area (Å²) in [6, 6.07) is 44.1. The standard InChI is InChI=1S/C45H42N2.C15H19N.C2H4.CH3N/c1-6-17-36(30-34(4)42-25-11-13-27-44(42)46-40-22-9-8-10-23-40)37(18-7-2)31-35(5)43-26-12-14-28-45(43)47-41-24-16-21-39(32-41)38-20-15-19-33(3)29-38;1-2-3-4-5-6-7-8-9-10-11-12-13-14-15-16;2*1-2/h6-32,46-47H,1,5H2,2-4H3;2-15H,16H2,1H3;1-2H2;2H,1H2/b18-7-,34-30+,36-17+,37-31+;3-2+,5-4-,7-6-,9-8+,11-10+,13-12-,15-14-;;. The summed E-state index contributed by atoms with van der Waals surface area (Å²) in [6.45, 7) is 25.4. The number of nitrogens with one attached hydrogen (secondary N) is 3. The lowest BCUT2D eigenvalue weighted by Gasteiger charge is -2.15. The van der Waals surface area contributed by atoms with Gasteiger partial charge >= 0.3 is 0 Å². The molecule has 0 radical (unpaired) electrons. The average Bonchev–Trinajstić information content (AvgIpc) is 3.36. The van der Waals surface area contributed by atoms with Crippen molar-refractivity contribution in [3.8, 4) is 11.1 Å². The molecule has 4 nitrogen and oxygen atoms in total. The molecule has 5 aromatic carbocycles. The van der Waals surface area contributed by atoms with E-state index in [1.54, 1.807) is 6.08 Å². The van der Waals surface area contributed by atoms with Gasteiger partial charge in [0.15, 0.2) is 0 Å². The molecule has 0 aliphatic heterocycles. The van der Waals surface area contributed by atoms with E-state index in [9.17, 15) is 0 Å². The topological polar surface area (TPSA) is 73.9 Å². The number of hydrogen-bond acceptors (Lipinski definition) is 4. The number of anilines is 4. The molecule has 0 saturated heterocycles. The van der Waals surface area contributed by atoms with Crippen LogP contribution in [0.4, 0.5) is 22.7 Å². The molecule has 5 rings (SSSR count). The summed E-state index contributed by atoms with van der Waals surface area (Å²) in [5, 5.41) is 12.7. The minimum absolute atomic E-state index is 0.906. The van der Waals surface area contributed by atoms with Crippen molar-refractivity contribution in [2.24, 2.45) is 5.73 Å². The number of benzene rings is 5. The van der Waals surface area contributed by atoms with Crippen LogP contribution in [0, 0.1) is 12.3 Å². The van der Waals surface area contributed by atoms with Crippen LogP contribution in [0.2, 0.25) is 0 Å². The Labute approximate surface area is 402 Å². The van der Waals surface area contributed by atoms with Crippen molar-refractivity contribution in [3.05, 3.63) is 303 Å². The van der Waals surface area contributed by atoms with Crippen molar-refractivity contribution in [2.45, 2.75) is 27.7 Å². The summed E-state index contributed by atoms with van der Waals surface area (Å²) in [6.07, 6.45) is 39.3. The molecule has 340 valence electrons. The predicted molar refractivity (Wildman–Crippen MR) is 301 cm³/mol. The number of hydrogen-bond donors (Lipinski definition) is 4. The Hall–Kier alpha value is -8.47. The molecule has 0 atom stereocenters. The summed E-state index contributed by atoms with van der Waals surface area (Å²) in [4.78, 5) is 0. The second-order valence-electron chi connectivity index (χ2n) is 14.3. The van der Waals surface area contributed by atoms with E-state index < -0.39 is 0 Å². The highest BCUT2D eigenvalue weighted by molar-refractivity contribution is 5.86. The molecule has 5 N–H and O–H groups in total. The molecule has 0 fully saturated rings. The van der Waals surface area contributed by atoms with Crippen LogP contribution < -0.4 is 16.4 Å². The lowest BCUT2D eigenvalue weighted by Crippen LogP contribution is -1.96. The van der Waals surface area contributed by atoms with Crippen molar-refractivity contribution in [1.82, 2.24) is 0 Å². The lowest BCUT2D eigenvalue weighted by molar-refractivity contribution is 1.46. The zero-order valence-electron chi connectivity index (χ0n) is 39.8. The van der Waals surface area contributed by atoms with Crippen LogP contribution in [-0.2, 0) is 0 Å². The third-order valence-electron chi connectivity index (χ3n) is 9.38. The fourth-order valence-electron chi connectivity index (χ4n) is 6.40. The van der Waals surface area contributed by atoms with Gasteiger partial charge in [-0.2, -0.15) is 0 Å². The Kier molecular flexibility index (Phi) is 27.7. The fraction of sp³-hybridized carbons (Fsp3) is 0.0635. The highest BCUT2D eigenvalue weighted by Gasteiger charge is 2.10. The molecule has 0 heterocycles. The van der Waals surface area contributed by atoms with Gasteiger partial charge in [0.2, 0.25) is 0 Å². The third-order valence-corrected chi connectivity index (χ3v) is 9.38. The second kappa shape index (κ2) is 34.0. The van der Waals surface area contributed by atoms with Gasteiger partial charge in [-0.15, -0.1) is 13.2 Å². The Morgan fingerprint density at radius 3 is 1.60 bits per heavy atom. The van der Waals surface area contributed by atoms with Gasteiger partial charge in [0.05, 0.1) is 0 Å². The molecule has 5 aromatic rings. The second-order valence-corrected chi connectivity index (χ2v) is 14.3. The Balaban J connectivity index is 0.000000652. The molecule has 0 spiro atoms. The van der Waals surface area contributed by atoms with Crippen molar-refractivity contribution < 1.29 is 0 Å². The van der Waals surface area contributed by atoms with Crippen LogP contribution in [-0.4, -0.2) is 6.72 Å². The predicted octanol–water partition coefficient (Wildman–Crippen LogP) is 17.8. The van der Waals surface area contributed by atoms with E-state index in [0.717, 1.165) is 56.2 Å². The van der Waals surface area contributed by atoms with E-state index in [4.69, 9.17) is 11.1 Å². The number of para-hydroxylation sites is 3. The van der Waals surface area contributed by atoms with E-state index >= 15 is 0 Å². The van der Waals surface area contributed by atoms with Gasteiger partial charge in [-0.1, -0.05) is 213 Å². The van der Waals surface area contributed by atoms with Gasteiger partial charge in [-0.3, -0.25) is 0 Å². The average molecular weight is 881 g/mol. The van der Waals surface area contributed by atoms with Crippen molar-refractivity contribution >= 4 is 40.6 Å². The summed E-state index contributed by atoms with van der Waals surface area (Å²) < 4.78 is 0. The smallest absolute Gasteiger partial charge is 0.0463 e. The molecule has 0 saturated carbocycles. The zero-order chi connectivity index (χ0) is 48.9. The van der Waals surface area contributed by atoms with E-state index in [1.807, 2.05) is 111 Å². The third kappa shape index (κ3) is 20.7. The molecule has 0 bridgehead atoms. The number of allylic oxidation sites excluding steroid dienone is 23. The Morgan fingerprint density at radius 1 is 0.537 bits per heavy atom. The molecular formula is C63H68N4. The van der Waals surface area contributed by atoms with Gasteiger partial charge in [-0.05, 0) is 123 Å². The number of nitrogens with two attached hydrogens (primary N) is 1. The fourth-order valence-corrected chi connectivity index (χ4v) is 6.40. The van der Waals surface area contributed by atoms with E-state index in [1.165, 1.54) is 22.9 Å². The van der Waals surface area contributed by atoms with Crippen LogP contribution in [0.1, 0.15) is 37.5 Å². The summed E-state index contributed by atoms with van der Waals surface area (Å²) in [5.41, 5.74) is 19.2. The Morgan fingerprint density at radius 2 is 1.03 bits per heavy atom. The van der Waals surface area contributed by atoms with E-state index in [-0.39, 0.29) is 0 Å². The van der Waals surface area contributed by atoms with Gasteiger partial charge in [0.25, 0.3) is 0 Å². The first-order valence-corrected chi connectivity index (χ1v) is 22.0. The molecule has 0 unspecified atom stereocenters. The molecule has 0 aromatic heterocycles. The van der Waals surface area contributed by atoms with Crippen LogP contribution in [0.5, 0.6) is 0 Å². The largest absolute Gasteiger partial charge is 0.405 e.